The van der Waals surface area contributed by atoms with Gasteiger partial charge in [-0.15, -0.1) is 10.2 Å². The molecule has 0 aliphatic rings. The number of thiocarbonyl (C=S) groups is 1. The van der Waals surface area contributed by atoms with Crippen molar-refractivity contribution < 1.29 is 13.2 Å². The second kappa shape index (κ2) is 7.02. The molecule has 1 atom stereocenters. The molecule has 1 aromatic heterocycles. The maximum Gasteiger partial charge on any atom is 0.270 e. The summed E-state index contributed by atoms with van der Waals surface area (Å²) in [6.45, 7) is 3.18. The molecule has 0 radical (unpaired) electrons. The third-order valence-corrected chi connectivity index (χ3v) is 5.10. The molecule has 1 unspecified atom stereocenters. The number of hydrogen-bond acceptors (Lipinski definition) is 7. The highest BCUT2D eigenvalue weighted by atomic mass is 32.2. The normalized spacial score (nSPS) is 12.9. The van der Waals surface area contributed by atoms with E-state index < -0.39 is 16.1 Å². The second-order valence-corrected chi connectivity index (χ2v) is 7.26. The Morgan fingerprint density at radius 2 is 2.15 bits per heavy atom. The van der Waals surface area contributed by atoms with Crippen LogP contribution in [-0.2, 0) is 14.8 Å². The molecule has 1 amide bonds. The third kappa shape index (κ3) is 4.74. The van der Waals surface area contributed by atoms with E-state index in [1.165, 1.54) is 6.92 Å². The fraction of sp³-hybridized carbons (Fsp3) is 0.556. The topological polar surface area (TPSA) is 127 Å². The molecule has 0 fully saturated rings. The first-order valence-corrected chi connectivity index (χ1v) is 8.39. The lowest BCUT2D eigenvalue weighted by Crippen LogP contribution is -2.43. The summed E-state index contributed by atoms with van der Waals surface area (Å²) in [5.74, 6) is -0.356. The molecule has 1 heterocycles. The second-order valence-electron chi connectivity index (χ2n) is 3.92. The lowest BCUT2D eigenvalue weighted by Gasteiger charge is -2.15. The number of rotatable bonds is 7. The zero-order valence-corrected chi connectivity index (χ0v) is 13.4. The predicted molar refractivity (Wildman–Crippen MR) is 80.0 cm³/mol. The predicted octanol–water partition coefficient (Wildman–Crippen LogP) is 0.230. The van der Waals surface area contributed by atoms with Gasteiger partial charge in [-0.05, 0) is 6.42 Å². The molecule has 11 heteroatoms. The molecule has 20 heavy (non-hydrogen) atoms. The number of sulfonamides is 1. The smallest absolute Gasteiger partial charge is 0.270 e. The van der Waals surface area contributed by atoms with Crippen LogP contribution in [0.3, 0.4) is 0 Å². The molecule has 0 saturated carbocycles. The number of carbonyl (C=O) groups is 1. The summed E-state index contributed by atoms with van der Waals surface area (Å²) in [6.07, 6.45) is 1.21. The Morgan fingerprint density at radius 1 is 1.50 bits per heavy atom. The van der Waals surface area contributed by atoms with Gasteiger partial charge in [-0.3, -0.25) is 4.79 Å². The van der Waals surface area contributed by atoms with Crippen molar-refractivity contribution in [2.45, 2.75) is 37.1 Å². The van der Waals surface area contributed by atoms with Crippen molar-refractivity contribution in [2.75, 3.05) is 5.32 Å². The van der Waals surface area contributed by atoms with Crippen molar-refractivity contribution in [3.63, 3.8) is 0 Å². The van der Waals surface area contributed by atoms with Crippen LogP contribution >= 0.6 is 23.6 Å². The molecule has 1 aromatic rings. The number of aromatic nitrogens is 2. The van der Waals surface area contributed by atoms with Crippen molar-refractivity contribution in [3.8, 4) is 0 Å². The number of nitrogens with two attached hydrogens (primary N) is 1. The Labute approximate surface area is 126 Å². The summed E-state index contributed by atoms with van der Waals surface area (Å²) in [4.78, 5) is 10.9. The van der Waals surface area contributed by atoms with Crippen LogP contribution in [0.4, 0.5) is 5.13 Å². The van der Waals surface area contributed by atoms with Gasteiger partial charge < -0.3 is 11.1 Å². The van der Waals surface area contributed by atoms with E-state index in [0.29, 0.717) is 6.42 Å². The summed E-state index contributed by atoms with van der Waals surface area (Å²) >= 11 is 5.58. The van der Waals surface area contributed by atoms with Crippen LogP contribution in [0.5, 0.6) is 0 Å². The number of nitrogens with zero attached hydrogens (tertiary/aromatic N) is 2. The molecule has 0 saturated heterocycles. The average Bonchev–Trinajstić information content (AvgIpc) is 2.76. The zero-order chi connectivity index (χ0) is 15.3. The number of anilines is 1. The summed E-state index contributed by atoms with van der Waals surface area (Å²) < 4.78 is 26.3. The Hall–Kier alpha value is -1.17. The fourth-order valence-electron chi connectivity index (χ4n) is 1.31. The largest absolute Gasteiger partial charge is 0.392 e. The average molecular weight is 337 g/mol. The Balaban J connectivity index is 2.90. The van der Waals surface area contributed by atoms with Crippen molar-refractivity contribution in [1.82, 2.24) is 14.9 Å². The first-order chi connectivity index (χ1) is 9.26. The van der Waals surface area contributed by atoms with Gasteiger partial charge in [0.05, 0.1) is 11.0 Å². The molecule has 0 aromatic carbocycles. The van der Waals surface area contributed by atoms with Crippen LogP contribution in [-0.4, -0.2) is 35.6 Å². The number of carbonyl (C=O) groups excluding carboxylic acids is 1. The van der Waals surface area contributed by atoms with E-state index in [4.69, 9.17) is 18.0 Å². The van der Waals surface area contributed by atoms with Crippen LogP contribution in [0.1, 0.15) is 26.7 Å². The van der Waals surface area contributed by atoms with E-state index in [0.717, 1.165) is 17.8 Å². The van der Waals surface area contributed by atoms with Gasteiger partial charge in [0.15, 0.2) is 0 Å². The highest BCUT2D eigenvalue weighted by Gasteiger charge is 2.25. The summed E-state index contributed by atoms with van der Waals surface area (Å²) in [5, 5.41) is 9.58. The maximum absolute atomic E-state index is 12.1. The van der Waals surface area contributed by atoms with Crippen molar-refractivity contribution in [3.05, 3.63) is 0 Å². The first-order valence-electron chi connectivity index (χ1n) is 5.69. The molecule has 8 nitrogen and oxygen atoms in total. The van der Waals surface area contributed by atoms with Crippen LogP contribution in [0.25, 0.3) is 0 Å². The van der Waals surface area contributed by atoms with Gasteiger partial charge in [-0.2, -0.15) is 4.72 Å². The minimum Gasteiger partial charge on any atom is -0.392 e. The molecule has 0 aliphatic heterocycles. The van der Waals surface area contributed by atoms with E-state index in [-0.39, 0.29) is 20.4 Å². The molecule has 0 aliphatic carbocycles. The number of hydrogen-bond donors (Lipinski definition) is 3. The van der Waals surface area contributed by atoms with Gasteiger partial charge in [-0.1, -0.05) is 36.9 Å². The van der Waals surface area contributed by atoms with Crippen LogP contribution in [0, 0.1) is 0 Å². The van der Waals surface area contributed by atoms with E-state index in [2.05, 4.69) is 20.2 Å². The lowest BCUT2D eigenvalue weighted by atomic mass is 10.2. The van der Waals surface area contributed by atoms with Gasteiger partial charge >= 0.3 is 0 Å². The van der Waals surface area contributed by atoms with Crippen LogP contribution < -0.4 is 15.8 Å². The van der Waals surface area contributed by atoms with E-state index in [9.17, 15) is 13.2 Å². The molecular formula is C9H15N5O3S3. The lowest BCUT2D eigenvalue weighted by molar-refractivity contribution is -0.114. The van der Waals surface area contributed by atoms with Crippen molar-refractivity contribution >= 4 is 49.6 Å². The third-order valence-electron chi connectivity index (χ3n) is 2.14. The van der Waals surface area contributed by atoms with Gasteiger partial charge in [0, 0.05) is 6.92 Å². The Bertz CT molecular complexity index is 598. The summed E-state index contributed by atoms with van der Waals surface area (Å²) in [7, 11) is -3.87. The highest BCUT2D eigenvalue weighted by molar-refractivity contribution is 7.91. The minimum atomic E-state index is -3.87. The fourth-order valence-corrected chi connectivity index (χ4v) is 3.77. The number of amides is 1. The SMILES string of the molecule is CCCC(NS(=O)(=O)c1nnc(NC(C)=O)s1)C(N)=S. The maximum atomic E-state index is 12.1. The molecule has 112 valence electrons. The van der Waals surface area contributed by atoms with Crippen molar-refractivity contribution in [1.29, 1.82) is 0 Å². The molecular weight excluding hydrogens is 322 g/mol. The monoisotopic (exact) mass is 337 g/mol. The summed E-state index contributed by atoms with van der Waals surface area (Å²) in [5.41, 5.74) is 5.49. The van der Waals surface area contributed by atoms with Crippen molar-refractivity contribution in [2.24, 2.45) is 5.73 Å². The van der Waals surface area contributed by atoms with Gasteiger partial charge in [-0.25, -0.2) is 8.42 Å². The molecule has 1 rings (SSSR count). The van der Waals surface area contributed by atoms with Gasteiger partial charge in [0.25, 0.3) is 10.0 Å². The van der Waals surface area contributed by atoms with Crippen LogP contribution in [0.15, 0.2) is 4.34 Å². The molecule has 0 bridgehead atoms. The Morgan fingerprint density at radius 3 is 2.65 bits per heavy atom. The molecule has 4 N–H and O–H groups in total. The standard InChI is InChI=1S/C9H15N5O3S3/c1-3-4-6(7(10)18)14-20(16,17)9-13-12-8(19-9)11-5(2)15/h6,14H,3-4H2,1-2H3,(H2,10,18)(H,11,12,15). The van der Waals surface area contributed by atoms with E-state index in [1.54, 1.807) is 0 Å². The van der Waals surface area contributed by atoms with Gasteiger partial charge in [0.2, 0.25) is 15.4 Å². The highest BCUT2D eigenvalue weighted by Crippen LogP contribution is 2.20. The Kier molecular flexibility index (Phi) is 5.92. The first kappa shape index (κ1) is 16.9. The quantitative estimate of drug-likeness (QED) is 0.480. The van der Waals surface area contributed by atoms with E-state index in [1.807, 2.05) is 6.92 Å². The van der Waals surface area contributed by atoms with Gasteiger partial charge in [0.1, 0.15) is 0 Å². The van der Waals surface area contributed by atoms with Crippen LogP contribution in [0.2, 0.25) is 0 Å². The number of nitrogens with one attached hydrogen (secondary N) is 2. The van der Waals surface area contributed by atoms with E-state index >= 15 is 0 Å². The zero-order valence-electron chi connectivity index (χ0n) is 10.9. The summed E-state index contributed by atoms with van der Waals surface area (Å²) in [6, 6.07) is -0.631. The molecule has 0 spiro atoms. The minimum absolute atomic E-state index is 0.0713.